The molecule has 8 atom stereocenters. The van der Waals surface area contributed by atoms with Gasteiger partial charge >= 0.3 is 0 Å². The average molecular weight is 1150 g/mol. The van der Waals surface area contributed by atoms with E-state index < -0.39 is 35.0 Å². The third-order valence-electron chi connectivity index (χ3n) is 12.2. The lowest BCUT2D eigenvalue weighted by atomic mass is 9.84. The van der Waals surface area contributed by atoms with Crippen LogP contribution in [-0.2, 0) is 25.6 Å². The largest absolute Gasteiger partial charge is 0.367 e. The predicted octanol–water partition coefficient (Wildman–Crippen LogP) is 6.02. The molecule has 2 aromatic carbocycles. The van der Waals surface area contributed by atoms with Crippen LogP contribution < -0.4 is 31.9 Å². The van der Waals surface area contributed by atoms with E-state index in [1.807, 2.05) is 76.5 Å². The zero-order valence-corrected chi connectivity index (χ0v) is 50.6. The standard InChI is InChI=1S/C43H60N8O4S4.8H2S/c1-24(44-7)38(56)48-30-17-19-58-32-22-42(3,4)34(50(32)40(30)54)36(52)46-28-13-9-26(10-14-28)21-27-11-15-29(16-12-27)47-37(53)35-43(5,6)23-33-51(35)41(55)31(18-20-59-33)49-39(57)25(2)45-8;;;;;;;;/h9-16,24-25,30-35,44-45H,17-23H2,1-8H3,(H,46,52)(H,47,53)(H,48,56)(H,49,57);8*1H2/t24-,25-,30-,31-,32-,33-,34+,35+;;;;;;;;/m0......../s1. The molecule has 12 nitrogen and oxygen atoms in total. The van der Waals surface area contributed by atoms with E-state index >= 15 is 0 Å². The molecular weight excluding hydrogens is 1080 g/mol. The molecule has 67 heavy (non-hydrogen) atoms. The molecule has 0 spiro atoms. The molecule has 0 bridgehead atoms. The highest BCUT2D eigenvalue weighted by molar-refractivity contribution is 8.00. The molecule has 2 aromatic rings. The summed E-state index contributed by atoms with van der Waals surface area (Å²) in [7, 11) is 3.67. The Kier molecular flexibility index (Phi) is 32.2. The molecule has 0 aliphatic carbocycles. The summed E-state index contributed by atoms with van der Waals surface area (Å²) in [5, 5.41) is 18.9. The number of fused-ring (bicyclic) bond motifs is 2. The van der Waals surface area contributed by atoms with Gasteiger partial charge < -0.3 is 41.7 Å². The van der Waals surface area contributed by atoms with E-state index in [1.54, 1.807) is 33.3 Å². The van der Waals surface area contributed by atoms with Crippen LogP contribution in [0.25, 0.3) is 0 Å². The molecule has 0 unspecified atom stereocenters. The molecule has 4 fully saturated rings. The van der Waals surface area contributed by atoms with E-state index in [9.17, 15) is 19.2 Å². The van der Waals surface area contributed by atoms with Crippen molar-refractivity contribution in [1.29, 1.82) is 0 Å². The number of anilines is 2. The number of nitrogens with zero attached hydrogens (tertiary/aromatic N) is 2. The Labute approximate surface area is 474 Å². The Hall–Kier alpha value is -0.480. The number of benzene rings is 2. The molecule has 4 aliphatic rings. The minimum absolute atomic E-state index is 0. The van der Waals surface area contributed by atoms with Crippen LogP contribution in [0.4, 0.5) is 11.4 Å². The van der Waals surface area contributed by atoms with Crippen molar-refractivity contribution in [3.05, 3.63) is 59.7 Å². The lowest BCUT2D eigenvalue weighted by molar-refractivity contribution is -0.140. The Morgan fingerprint density at radius 1 is 0.612 bits per heavy atom. The van der Waals surface area contributed by atoms with Crippen molar-refractivity contribution in [2.75, 3.05) is 36.2 Å². The number of carbonyl (C=O) groups excluding carboxylic acids is 4. The second-order valence-electron chi connectivity index (χ2n) is 17.6. The van der Waals surface area contributed by atoms with Gasteiger partial charge in [0.25, 0.3) is 0 Å². The third kappa shape index (κ3) is 16.8. The predicted molar refractivity (Wildman–Crippen MR) is 332 cm³/mol. The molecular formula is C43H76N8O4S12. The molecule has 6 N–H and O–H groups in total. The van der Waals surface area contributed by atoms with Crippen LogP contribution in [-0.4, -0.2) is 116 Å². The number of nitrogens with one attached hydrogen (secondary N) is 6. The van der Waals surface area contributed by atoms with Crippen LogP contribution in [0, 0.1) is 10.8 Å². The lowest BCUT2D eigenvalue weighted by Gasteiger charge is -2.34. The van der Waals surface area contributed by atoms with E-state index in [0.29, 0.717) is 40.6 Å². The van der Waals surface area contributed by atoms with Crippen molar-refractivity contribution in [1.82, 2.24) is 31.1 Å². The highest BCUT2D eigenvalue weighted by Crippen LogP contribution is 2.48. The minimum atomic E-state index is -0.626. The van der Waals surface area contributed by atoms with Gasteiger partial charge in [-0.25, -0.2) is 0 Å². The zero-order valence-electron chi connectivity index (χ0n) is 39.3. The molecule has 384 valence electrons. The molecule has 4 heterocycles. The molecule has 0 aromatic heterocycles. The van der Waals surface area contributed by atoms with Crippen molar-refractivity contribution in [3.8, 4) is 0 Å². The Morgan fingerprint density at radius 2 is 0.925 bits per heavy atom. The zero-order chi connectivity index (χ0) is 42.8. The van der Waals surface area contributed by atoms with Crippen LogP contribution >= 0.6 is 156 Å². The van der Waals surface area contributed by atoms with E-state index in [2.05, 4.69) is 59.6 Å². The van der Waals surface area contributed by atoms with E-state index in [4.69, 9.17) is 24.4 Å². The average Bonchev–Trinajstić information content (AvgIpc) is 3.51. The molecule has 6 rings (SSSR count). The molecule has 4 amide bonds. The second-order valence-corrected chi connectivity index (χ2v) is 21.1. The fourth-order valence-electron chi connectivity index (χ4n) is 8.63. The van der Waals surface area contributed by atoms with Crippen LogP contribution in [0.2, 0.25) is 0 Å². The molecule has 0 saturated carbocycles. The third-order valence-corrected chi connectivity index (χ3v) is 15.7. The van der Waals surface area contributed by atoms with Gasteiger partial charge in [0.2, 0.25) is 23.6 Å². The maximum absolute atomic E-state index is 14.0. The fourth-order valence-corrected chi connectivity index (χ4v) is 12.3. The summed E-state index contributed by atoms with van der Waals surface area (Å²) in [6, 6.07) is 13.2. The maximum Gasteiger partial charge on any atom is 0.247 e. The summed E-state index contributed by atoms with van der Waals surface area (Å²) < 4.78 is 0. The first-order valence-corrected chi connectivity index (χ1v) is 23.5. The number of amides is 4. The van der Waals surface area contributed by atoms with Gasteiger partial charge in [-0.1, -0.05) is 76.4 Å². The van der Waals surface area contributed by atoms with Crippen molar-refractivity contribution in [2.24, 2.45) is 10.8 Å². The molecule has 4 saturated heterocycles. The number of carbonyl (C=O) groups is 4. The molecule has 4 aliphatic heterocycles. The normalized spacial score (nSPS) is 23.8. The van der Waals surface area contributed by atoms with Crippen LogP contribution in [0.15, 0.2) is 48.5 Å². The van der Waals surface area contributed by atoms with Gasteiger partial charge in [0.1, 0.15) is 24.2 Å². The van der Waals surface area contributed by atoms with E-state index in [-0.39, 0.29) is 154 Å². The summed E-state index contributed by atoms with van der Waals surface area (Å²) in [6.07, 6.45) is 3.40. The smallest absolute Gasteiger partial charge is 0.247 e. The van der Waals surface area contributed by atoms with Gasteiger partial charge in [0, 0.05) is 11.4 Å². The summed E-state index contributed by atoms with van der Waals surface area (Å²) in [4.78, 5) is 60.7. The first kappa shape index (κ1) is 70.8. The highest BCUT2D eigenvalue weighted by Gasteiger charge is 2.55. The maximum atomic E-state index is 14.0. The number of likely N-dealkylation sites (N-methyl/N-ethyl adjacent to an activating group) is 2. The number of rotatable bonds is 12. The topological polar surface area (TPSA) is 147 Å². The summed E-state index contributed by atoms with van der Waals surface area (Å²) in [5.41, 5.74) is 2.62. The van der Waals surface area contributed by atoms with E-state index in [1.165, 1.54) is 0 Å². The Morgan fingerprint density at radius 3 is 1.22 bits per heavy atom. The number of thiocarbonyl (C=S) groups is 2. The SMILES string of the molecule is CN[C@@H](C)C(=S)N[C@H]1CCS[C@H]2CC(C)(C)[C@@H](C(=O)Nc3ccc(Cc4ccc(NC(=O)[C@H]5N6C(=O)[C@@H](NC(=S)[C@H](C)NC)CCS[C@H]6CC5(C)C)cc4)cc3)N2C1=O.S.S.S.S.S.S.S.S. The van der Waals surface area contributed by atoms with E-state index in [0.717, 1.165) is 35.5 Å². The van der Waals surface area contributed by atoms with Crippen LogP contribution in [0.3, 0.4) is 0 Å². The van der Waals surface area contributed by atoms with Crippen molar-refractivity contribution >= 4 is 201 Å². The number of thioether (sulfide) groups is 2. The first-order valence-electron chi connectivity index (χ1n) is 20.6. The summed E-state index contributed by atoms with van der Waals surface area (Å²) in [5.74, 6) is 1.05. The van der Waals surface area contributed by atoms with Gasteiger partial charge in [0.15, 0.2) is 0 Å². The van der Waals surface area contributed by atoms with Crippen LogP contribution in [0.1, 0.15) is 78.4 Å². The molecule has 0 radical (unpaired) electrons. The minimum Gasteiger partial charge on any atom is -0.367 e. The second kappa shape index (κ2) is 30.5. The number of hydrogen-bond donors (Lipinski definition) is 6. The lowest BCUT2D eigenvalue weighted by Crippen LogP contribution is -2.56. The van der Waals surface area contributed by atoms with Gasteiger partial charge in [-0.15, -0.1) is 23.5 Å². The van der Waals surface area contributed by atoms with Crippen molar-refractivity contribution in [3.63, 3.8) is 0 Å². The fraction of sp³-hybridized carbons (Fsp3) is 0.581. The number of hydrogen-bond acceptors (Lipinski definition) is 10. The van der Waals surface area contributed by atoms with Gasteiger partial charge in [-0.05, 0) is 118 Å². The highest BCUT2D eigenvalue weighted by atomic mass is 32.2. The monoisotopic (exact) mass is 1150 g/mol. The van der Waals surface area contributed by atoms with Crippen molar-refractivity contribution in [2.45, 2.75) is 121 Å². The van der Waals surface area contributed by atoms with Gasteiger partial charge in [-0.3, -0.25) is 19.2 Å². The molecule has 24 heteroatoms. The van der Waals surface area contributed by atoms with Gasteiger partial charge in [0.05, 0.1) is 32.8 Å². The van der Waals surface area contributed by atoms with Crippen LogP contribution in [0.5, 0.6) is 0 Å². The Bertz CT molecular complexity index is 1800. The Balaban J connectivity index is -0.00000512. The van der Waals surface area contributed by atoms with Gasteiger partial charge in [-0.2, -0.15) is 108 Å². The first-order chi connectivity index (χ1) is 27.9. The summed E-state index contributed by atoms with van der Waals surface area (Å²) >= 11 is 14.6. The van der Waals surface area contributed by atoms with Crippen molar-refractivity contribution < 1.29 is 19.2 Å². The quantitative estimate of drug-likeness (QED) is 0.138. The summed E-state index contributed by atoms with van der Waals surface area (Å²) in [6.45, 7) is 12.2.